The smallest absolute Gasteiger partial charge is 0.160 e. The molecule has 23 heavy (non-hydrogen) atoms. The fraction of sp³-hybridized carbons (Fsp3) is 0.778. The first-order valence-electron chi connectivity index (χ1n) is 8.40. The second-order valence-corrected chi connectivity index (χ2v) is 6.07. The van der Waals surface area contributed by atoms with Crippen LogP contribution < -0.4 is 0 Å². The van der Waals surface area contributed by atoms with Gasteiger partial charge in [-0.3, -0.25) is 9.59 Å². The van der Waals surface area contributed by atoms with Crippen molar-refractivity contribution in [1.29, 1.82) is 0 Å². The molecule has 0 radical (unpaired) electrons. The maximum Gasteiger partial charge on any atom is 0.160 e. The second kappa shape index (κ2) is 14.5. The largest absolute Gasteiger partial charge is 0.379 e. The Morgan fingerprint density at radius 2 is 1.43 bits per heavy atom. The summed E-state index contributed by atoms with van der Waals surface area (Å²) in [5, 5.41) is 0. The van der Waals surface area contributed by atoms with Crippen molar-refractivity contribution in [3.8, 4) is 0 Å². The van der Waals surface area contributed by atoms with E-state index in [9.17, 15) is 9.59 Å². The van der Waals surface area contributed by atoms with Crippen LogP contribution in [0.4, 0.5) is 0 Å². The lowest BCUT2D eigenvalue weighted by Gasteiger charge is -2.07. The van der Waals surface area contributed by atoms with Crippen molar-refractivity contribution in [2.75, 3.05) is 39.6 Å². The lowest BCUT2D eigenvalue weighted by atomic mass is 10.1. The van der Waals surface area contributed by atoms with Gasteiger partial charge < -0.3 is 14.2 Å². The molecule has 0 aliphatic rings. The molecule has 0 spiro atoms. The van der Waals surface area contributed by atoms with Crippen molar-refractivity contribution >= 4 is 11.6 Å². The van der Waals surface area contributed by atoms with Crippen LogP contribution >= 0.6 is 0 Å². The number of rotatable bonds is 15. The third-order valence-electron chi connectivity index (χ3n) is 3.01. The van der Waals surface area contributed by atoms with Crippen LogP contribution in [0.5, 0.6) is 0 Å². The van der Waals surface area contributed by atoms with Crippen molar-refractivity contribution < 1.29 is 23.8 Å². The van der Waals surface area contributed by atoms with E-state index in [1.165, 1.54) is 0 Å². The summed E-state index contributed by atoms with van der Waals surface area (Å²) in [6, 6.07) is 0. The number of Topliss-reactive ketones (excluding diaryl/α,β-unsaturated/α-hetero) is 1. The molecular weight excluding hydrogens is 296 g/mol. The van der Waals surface area contributed by atoms with Crippen LogP contribution in [-0.4, -0.2) is 51.2 Å². The Bertz CT molecular complexity index is 347. The predicted octanol–water partition coefficient (Wildman–Crippen LogP) is 2.82. The molecule has 5 nitrogen and oxygen atoms in total. The minimum atomic E-state index is 0.0112. The SMILES string of the molecule is CC(C)/C=C/C(=O)CCCOCCOCCOCC(=O)C(C)C. The Balaban J connectivity index is 3.28. The second-order valence-electron chi connectivity index (χ2n) is 6.07. The van der Waals surface area contributed by atoms with Gasteiger partial charge in [0.15, 0.2) is 11.6 Å². The van der Waals surface area contributed by atoms with Gasteiger partial charge in [0.25, 0.3) is 0 Å². The minimum Gasteiger partial charge on any atom is -0.379 e. The summed E-state index contributed by atoms with van der Waals surface area (Å²) >= 11 is 0. The fourth-order valence-electron chi connectivity index (χ4n) is 1.51. The molecule has 0 aromatic carbocycles. The predicted molar refractivity (Wildman–Crippen MR) is 90.5 cm³/mol. The molecule has 0 rings (SSSR count). The van der Waals surface area contributed by atoms with Gasteiger partial charge in [-0.05, 0) is 18.4 Å². The molecule has 134 valence electrons. The maximum absolute atomic E-state index is 11.5. The van der Waals surface area contributed by atoms with Gasteiger partial charge in [0.2, 0.25) is 0 Å². The van der Waals surface area contributed by atoms with Crippen molar-refractivity contribution in [2.45, 2.75) is 40.5 Å². The monoisotopic (exact) mass is 328 g/mol. The average molecular weight is 328 g/mol. The molecule has 0 aliphatic carbocycles. The zero-order chi connectivity index (χ0) is 17.5. The highest BCUT2D eigenvalue weighted by molar-refractivity contribution is 5.89. The van der Waals surface area contributed by atoms with Crippen LogP contribution in [0.1, 0.15) is 40.5 Å². The van der Waals surface area contributed by atoms with Crippen LogP contribution in [0, 0.1) is 11.8 Å². The number of ether oxygens (including phenoxy) is 3. The molecule has 0 saturated heterocycles. The van der Waals surface area contributed by atoms with Crippen molar-refractivity contribution in [1.82, 2.24) is 0 Å². The lowest BCUT2D eigenvalue weighted by Crippen LogP contribution is -2.17. The van der Waals surface area contributed by atoms with Gasteiger partial charge in [0, 0.05) is 18.9 Å². The zero-order valence-corrected chi connectivity index (χ0v) is 15.0. The zero-order valence-electron chi connectivity index (χ0n) is 15.0. The van der Waals surface area contributed by atoms with E-state index < -0.39 is 0 Å². The van der Waals surface area contributed by atoms with Crippen LogP contribution in [0.25, 0.3) is 0 Å². The molecule has 0 aromatic rings. The van der Waals surface area contributed by atoms with E-state index in [0.29, 0.717) is 45.4 Å². The number of carbonyl (C=O) groups excluding carboxylic acids is 2. The Labute approximate surface area is 140 Å². The number of hydrogen-bond donors (Lipinski definition) is 0. The number of allylic oxidation sites excluding steroid dienone is 2. The third-order valence-corrected chi connectivity index (χ3v) is 3.01. The highest BCUT2D eigenvalue weighted by atomic mass is 16.5. The summed E-state index contributed by atoms with van der Waals surface area (Å²) in [5.41, 5.74) is 0. The Morgan fingerprint density at radius 3 is 2.00 bits per heavy atom. The quantitative estimate of drug-likeness (QED) is 0.342. The minimum absolute atomic E-state index is 0.0112. The standard InChI is InChI=1S/C18H32O5/c1-15(2)7-8-17(19)6-5-9-21-10-11-22-12-13-23-14-18(20)16(3)4/h7-8,15-16H,5-6,9-14H2,1-4H3/b8-7+. The first-order valence-corrected chi connectivity index (χ1v) is 8.40. The van der Waals surface area contributed by atoms with Gasteiger partial charge in [-0.1, -0.05) is 33.8 Å². The van der Waals surface area contributed by atoms with Crippen molar-refractivity contribution in [2.24, 2.45) is 11.8 Å². The van der Waals surface area contributed by atoms with Gasteiger partial charge in [0.1, 0.15) is 6.61 Å². The summed E-state index contributed by atoms with van der Waals surface area (Å²) < 4.78 is 15.9. The Hall–Kier alpha value is -1.04. The highest BCUT2D eigenvalue weighted by Gasteiger charge is 2.06. The van der Waals surface area contributed by atoms with E-state index in [1.54, 1.807) is 6.08 Å². The van der Waals surface area contributed by atoms with Crippen LogP contribution in [0.3, 0.4) is 0 Å². The summed E-state index contributed by atoms with van der Waals surface area (Å²) in [6.45, 7) is 10.4. The van der Waals surface area contributed by atoms with Gasteiger partial charge in [0.05, 0.1) is 26.4 Å². The topological polar surface area (TPSA) is 61.8 Å². The molecule has 0 amide bonds. The van der Waals surface area contributed by atoms with Gasteiger partial charge in [-0.15, -0.1) is 0 Å². The average Bonchev–Trinajstić information content (AvgIpc) is 2.50. The van der Waals surface area contributed by atoms with Crippen LogP contribution in [0.15, 0.2) is 12.2 Å². The van der Waals surface area contributed by atoms with E-state index in [-0.39, 0.29) is 24.1 Å². The Kier molecular flexibility index (Phi) is 13.9. The molecule has 0 unspecified atom stereocenters. The van der Waals surface area contributed by atoms with E-state index in [0.717, 1.165) is 6.42 Å². The first-order chi connectivity index (χ1) is 10.9. The molecule has 0 heterocycles. The summed E-state index contributed by atoms with van der Waals surface area (Å²) in [4.78, 5) is 22.8. The van der Waals surface area contributed by atoms with Crippen LogP contribution in [-0.2, 0) is 23.8 Å². The molecule has 0 saturated carbocycles. The number of hydrogen-bond acceptors (Lipinski definition) is 5. The van der Waals surface area contributed by atoms with E-state index in [1.807, 2.05) is 33.8 Å². The molecule has 0 N–H and O–H groups in total. The third kappa shape index (κ3) is 15.6. The highest BCUT2D eigenvalue weighted by Crippen LogP contribution is 1.98. The van der Waals surface area contributed by atoms with Crippen LogP contribution in [0.2, 0.25) is 0 Å². The van der Waals surface area contributed by atoms with Crippen molar-refractivity contribution in [3.05, 3.63) is 12.2 Å². The molecule has 0 fully saturated rings. The van der Waals surface area contributed by atoms with E-state index in [4.69, 9.17) is 14.2 Å². The van der Waals surface area contributed by atoms with Gasteiger partial charge in [-0.25, -0.2) is 0 Å². The number of carbonyl (C=O) groups is 2. The fourth-order valence-corrected chi connectivity index (χ4v) is 1.51. The normalized spacial score (nSPS) is 11.7. The molecule has 0 aromatic heterocycles. The number of ketones is 2. The molecule has 0 atom stereocenters. The lowest BCUT2D eigenvalue weighted by molar-refractivity contribution is -0.127. The molecule has 5 heteroatoms. The summed E-state index contributed by atoms with van der Waals surface area (Å²) in [5.74, 6) is 0.662. The molecule has 0 aliphatic heterocycles. The summed E-state index contributed by atoms with van der Waals surface area (Å²) in [7, 11) is 0. The molecule has 0 bridgehead atoms. The first kappa shape index (κ1) is 22.0. The van der Waals surface area contributed by atoms with Gasteiger partial charge in [-0.2, -0.15) is 0 Å². The molecular formula is C18H32O5. The van der Waals surface area contributed by atoms with Crippen molar-refractivity contribution in [3.63, 3.8) is 0 Å². The summed E-state index contributed by atoms with van der Waals surface area (Å²) in [6.07, 6.45) is 4.80. The van der Waals surface area contributed by atoms with E-state index >= 15 is 0 Å². The Morgan fingerprint density at radius 1 is 0.870 bits per heavy atom. The van der Waals surface area contributed by atoms with Gasteiger partial charge >= 0.3 is 0 Å². The van der Waals surface area contributed by atoms with E-state index in [2.05, 4.69) is 0 Å². The maximum atomic E-state index is 11.5.